The maximum absolute atomic E-state index is 13.8. The number of likely N-dealkylation sites (tertiary alicyclic amines) is 1. The van der Waals surface area contributed by atoms with Crippen LogP contribution in [0.4, 0.5) is 14.9 Å². The predicted molar refractivity (Wildman–Crippen MR) is 71.7 cm³/mol. The summed E-state index contributed by atoms with van der Waals surface area (Å²) in [6.45, 7) is 1.13. The van der Waals surface area contributed by atoms with E-state index in [1.54, 1.807) is 17.0 Å². The van der Waals surface area contributed by atoms with Gasteiger partial charge in [-0.25, -0.2) is 9.18 Å². The smallest absolute Gasteiger partial charge is 0.409 e. The number of hydrogen-bond donors (Lipinski definition) is 1. The summed E-state index contributed by atoms with van der Waals surface area (Å²) in [4.78, 5) is 13.1. The Bertz CT molecular complexity index is 542. The zero-order valence-corrected chi connectivity index (χ0v) is 11.2. The predicted octanol–water partition coefficient (Wildman–Crippen LogP) is 2.34. The van der Waals surface area contributed by atoms with Gasteiger partial charge in [-0.2, -0.15) is 5.26 Å². The standard InChI is InChI=1S/C14H16FN3O2/c1-20-14(19)18-6-2-3-11(9-18)17-13-5-4-10(8-16)7-12(13)15/h4-5,7,11,17H,2-3,6,9H2,1H3. The highest BCUT2D eigenvalue weighted by Gasteiger charge is 2.24. The first-order valence-corrected chi connectivity index (χ1v) is 6.43. The molecule has 1 unspecified atom stereocenters. The van der Waals surface area contributed by atoms with Crippen molar-refractivity contribution in [3.63, 3.8) is 0 Å². The van der Waals surface area contributed by atoms with Crippen LogP contribution in [0.2, 0.25) is 0 Å². The number of amides is 1. The average Bonchev–Trinajstić information content (AvgIpc) is 2.48. The van der Waals surface area contributed by atoms with E-state index in [1.165, 1.54) is 13.2 Å². The summed E-state index contributed by atoms with van der Waals surface area (Å²) < 4.78 is 18.5. The highest BCUT2D eigenvalue weighted by atomic mass is 19.1. The highest BCUT2D eigenvalue weighted by molar-refractivity contribution is 5.67. The number of nitrogens with one attached hydrogen (secondary N) is 1. The molecule has 0 spiro atoms. The molecule has 6 heteroatoms. The second-order valence-electron chi connectivity index (χ2n) is 4.71. The van der Waals surface area contributed by atoms with Crippen molar-refractivity contribution < 1.29 is 13.9 Å². The molecule has 0 bridgehead atoms. The Morgan fingerprint density at radius 1 is 1.60 bits per heavy atom. The van der Waals surface area contributed by atoms with E-state index in [0.29, 0.717) is 18.8 Å². The van der Waals surface area contributed by atoms with Gasteiger partial charge in [0.15, 0.2) is 0 Å². The fourth-order valence-electron chi connectivity index (χ4n) is 2.31. The van der Waals surface area contributed by atoms with Crippen LogP contribution in [0.1, 0.15) is 18.4 Å². The quantitative estimate of drug-likeness (QED) is 0.901. The van der Waals surface area contributed by atoms with Crippen molar-refractivity contribution in [2.24, 2.45) is 0 Å². The lowest BCUT2D eigenvalue weighted by Crippen LogP contribution is -2.45. The molecule has 1 atom stereocenters. The van der Waals surface area contributed by atoms with Gasteiger partial charge < -0.3 is 15.0 Å². The van der Waals surface area contributed by atoms with Crippen LogP contribution in [0.3, 0.4) is 0 Å². The second-order valence-corrected chi connectivity index (χ2v) is 4.71. The fraction of sp³-hybridized carbons (Fsp3) is 0.429. The molecular weight excluding hydrogens is 261 g/mol. The van der Waals surface area contributed by atoms with E-state index in [9.17, 15) is 9.18 Å². The number of carbonyl (C=O) groups excluding carboxylic acids is 1. The third-order valence-electron chi connectivity index (χ3n) is 3.31. The molecule has 2 rings (SSSR count). The van der Waals surface area contributed by atoms with Crippen LogP contribution < -0.4 is 5.32 Å². The first-order valence-electron chi connectivity index (χ1n) is 6.43. The van der Waals surface area contributed by atoms with E-state index in [0.717, 1.165) is 12.8 Å². The topological polar surface area (TPSA) is 65.4 Å². The van der Waals surface area contributed by atoms with Crippen LogP contribution in [0.5, 0.6) is 0 Å². The van der Waals surface area contributed by atoms with Crippen LogP contribution in [-0.2, 0) is 4.74 Å². The molecule has 20 heavy (non-hydrogen) atoms. The number of carbonyl (C=O) groups is 1. The molecule has 1 fully saturated rings. The number of methoxy groups -OCH3 is 1. The van der Waals surface area contributed by atoms with E-state index < -0.39 is 5.82 Å². The highest BCUT2D eigenvalue weighted by Crippen LogP contribution is 2.20. The number of ether oxygens (including phenoxy) is 1. The molecule has 1 aromatic carbocycles. The van der Waals surface area contributed by atoms with Crippen LogP contribution in [0.25, 0.3) is 0 Å². The lowest BCUT2D eigenvalue weighted by molar-refractivity contribution is 0.113. The Labute approximate surface area is 116 Å². The summed E-state index contributed by atoms with van der Waals surface area (Å²) in [5.74, 6) is -0.459. The number of nitrogens with zero attached hydrogens (tertiary/aromatic N) is 2. The van der Waals surface area contributed by atoms with E-state index >= 15 is 0 Å². The molecule has 1 aromatic rings. The van der Waals surface area contributed by atoms with Crippen LogP contribution in [0.15, 0.2) is 18.2 Å². The number of hydrogen-bond acceptors (Lipinski definition) is 4. The average molecular weight is 277 g/mol. The van der Waals surface area contributed by atoms with Gasteiger partial charge in [-0.15, -0.1) is 0 Å². The molecule has 1 N–H and O–H groups in total. The Kier molecular flexibility index (Phi) is 4.41. The molecule has 1 saturated heterocycles. The Balaban J connectivity index is 2.03. The molecule has 1 heterocycles. The first-order chi connectivity index (χ1) is 9.63. The molecule has 0 radical (unpaired) electrons. The van der Waals surface area contributed by atoms with E-state index in [4.69, 9.17) is 10.00 Å². The van der Waals surface area contributed by atoms with Gasteiger partial charge in [0.2, 0.25) is 0 Å². The van der Waals surface area contributed by atoms with Crippen molar-refractivity contribution in [1.29, 1.82) is 5.26 Å². The van der Waals surface area contributed by atoms with Gasteiger partial charge in [-0.3, -0.25) is 0 Å². The van der Waals surface area contributed by atoms with Gasteiger partial charge in [-0.1, -0.05) is 0 Å². The van der Waals surface area contributed by atoms with Crippen molar-refractivity contribution in [1.82, 2.24) is 4.90 Å². The molecule has 106 valence electrons. The third kappa shape index (κ3) is 3.18. The van der Waals surface area contributed by atoms with Crippen LogP contribution in [0, 0.1) is 17.1 Å². The number of anilines is 1. The molecule has 0 aliphatic carbocycles. The number of piperidine rings is 1. The van der Waals surface area contributed by atoms with Crippen LogP contribution in [-0.4, -0.2) is 37.2 Å². The van der Waals surface area contributed by atoms with Gasteiger partial charge in [0.05, 0.1) is 24.4 Å². The van der Waals surface area contributed by atoms with Crippen molar-refractivity contribution in [2.45, 2.75) is 18.9 Å². The second kappa shape index (κ2) is 6.24. The van der Waals surface area contributed by atoms with Gasteiger partial charge in [-0.05, 0) is 31.0 Å². The Hall–Kier alpha value is -2.29. The van der Waals surface area contributed by atoms with Gasteiger partial charge in [0.1, 0.15) is 5.82 Å². The van der Waals surface area contributed by atoms with E-state index in [1.807, 2.05) is 6.07 Å². The van der Waals surface area contributed by atoms with E-state index in [-0.39, 0.29) is 17.7 Å². The number of rotatable bonds is 2. The Morgan fingerprint density at radius 3 is 3.05 bits per heavy atom. The minimum absolute atomic E-state index is 0.0229. The summed E-state index contributed by atoms with van der Waals surface area (Å²) in [7, 11) is 1.35. The minimum atomic E-state index is -0.459. The number of halogens is 1. The molecule has 0 saturated carbocycles. The summed E-state index contributed by atoms with van der Waals surface area (Å²) in [6, 6.07) is 6.17. The van der Waals surface area contributed by atoms with Crippen LogP contribution >= 0.6 is 0 Å². The van der Waals surface area contributed by atoms with Gasteiger partial charge in [0.25, 0.3) is 0 Å². The van der Waals surface area contributed by atoms with Gasteiger partial charge in [0, 0.05) is 19.1 Å². The molecule has 1 aliphatic heterocycles. The molecule has 5 nitrogen and oxygen atoms in total. The SMILES string of the molecule is COC(=O)N1CCCC(Nc2ccc(C#N)cc2F)C1. The lowest BCUT2D eigenvalue weighted by Gasteiger charge is -2.32. The minimum Gasteiger partial charge on any atom is -0.453 e. The normalized spacial score (nSPS) is 18.2. The lowest BCUT2D eigenvalue weighted by atomic mass is 10.1. The maximum atomic E-state index is 13.8. The molecule has 1 amide bonds. The summed E-state index contributed by atoms with van der Waals surface area (Å²) in [5, 5.41) is 11.8. The number of benzene rings is 1. The van der Waals surface area contributed by atoms with Crippen molar-refractivity contribution >= 4 is 11.8 Å². The molecule has 0 aromatic heterocycles. The molecule has 1 aliphatic rings. The van der Waals surface area contributed by atoms with Gasteiger partial charge >= 0.3 is 6.09 Å². The summed E-state index contributed by atoms with van der Waals surface area (Å²) >= 11 is 0. The zero-order valence-electron chi connectivity index (χ0n) is 11.2. The first kappa shape index (κ1) is 14.1. The zero-order chi connectivity index (χ0) is 14.5. The maximum Gasteiger partial charge on any atom is 0.409 e. The molecular formula is C14H16FN3O2. The number of nitriles is 1. The van der Waals surface area contributed by atoms with Crippen molar-refractivity contribution in [2.75, 3.05) is 25.5 Å². The fourth-order valence-corrected chi connectivity index (χ4v) is 2.31. The van der Waals surface area contributed by atoms with Crippen molar-refractivity contribution in [3.05, 3.63) is 29.6 Å². The third-order valence-corrected chi connectivity index (χ3v) is 3.31. The van der Waals surface area contributed by atoms with Crippen molar-refractivity contribution in [3.8, 4) is 6.07 Å². The van der Waals surface area contributed by atoms with E-state index in [2.05, 4.69) is 5.32 Å². The Morgan fingerprint density at radius 2 is 2.40 bits per heavy atom. The summed E-state index contributed by atoms with van der Waals surface area (Å²) in [6.07, 6.45) is 1.33. The summed E-state index contributed by atoms with van der Waals surface area (Å²) in [5.41, 5.74) is 0.633. The largest absolute Gasteiger partial charge is 0.453 e. The monoisotopic (exact) mass is 277 g/mol.